The molecule has 0 amide bonds. The molecule has 3 rings (SSSR count). The lowest BCUT2D eigenvalue weighted by molar-refractivity contribution is 0.0586. The number of carbonyl (C=O) groups is 1. The summed E-state index contributed by atoms with van der Waals surface area (Å²) in [5.41, 5.74) is 0. The zero-order valence-electron chi connectivity index (χ0n) is 12.4. The summed E-state index contributed by atoms with van der Waals surface area (Å²) in [4.78, 5) is 21.9. The van der Waals surface area contributed by atoms with Crippen molar-refractivity contribution in [2.24, 2.45) is 5.92 Å². The van der Waals surface area contributed by atoms with Gasteiger partial charge in [0.15, 0.2) is 0 Å². The number of nitrogens with zero attached hydrogens (tertiary/aromatic N) is 3. The van der Waals surface area contributed by atoms with Crippen molar-refractivity contribution in [1.82, 2.24) is 15.3 Å². The van der Waals surface area contributed by atoms with Gasteiger partial charge in [0.2, 0.25) is 5.82 Å². The van der Waals surface area contributed by atoms with E-state index in [1.54, 1.807) is 6.20 Å². The van der Waals surface area contributed by atoms with Gasteiger partial charge in [0.1, 0.15) is 5.82 Å². The van der Waals surface area contributed by atoms with Crippen LogP contribution in [0.15, 0.2) is 12.3 Å². The summed E-state index contributed by atoms with van der Waals surface area (Å²) in [5.74, 6) is 1.38. The number of piperidine rings is 1. The lowest BCUT2D eigenvalue weighted by atomic mass is 10.0. The van der Waals surface area contributed by atoms with Gasteiger partial charge >= 0.3 is 5.97 Å². The molecule has 1 aliphatic heterocycles. The minimum atomic E-state index is -0.488. The fraction of sp³-hybridized carbons (Fsp3) is 0.667. The fourth-order valence-corrected chi connectivity index (χ4v) is 2.68. The third-order valence-electron chi connectivity index (χ3n) is 4.22. The smallest absolute Gasteiger partial charge is 0.376 e. The fourth-order valence-electron chi connectivity index (χ4n) is 2.68. The zero-order valence-corrected chi connectivity index (χ0v) is 12.4. The highest BCUT2D eigenvalue weighted by molar-refractivity contribution is 5.85. The highest BCUT2D eigenvalue weighted by atomic mass is 16.5. The molecule has 1 saturated carbocycles. The molecule has 114 valence electrons. The Morgan fingerprint density at radius 1 is 1.38 bits per heavy atom. The van der Waals surface area contributed by atoms with Crippen molar-refractivity contribution < 1.29 is 9.53 Å². The number of aromatic nitrogens is 2. The Kier molecular flexibility index (Phi) is 4.34. The summed E-state index contributed by atoms with van der Waals surface area (Å²) < 4.78 is 4.66. The molecule has 0 unspecified atom stereocenters. The summed E-state index contributed by atoms with van der Waals surface area (Å²) >= 11 is 0. The largest absolute Gasteiger partial charge is 0.463 e. The van der Waals surface area contributed by atoms with Gasteiger partial charge in [-0.05, 0) is 44.2 Å². The monoisotopic (exact) mass is 290 g/mol. The molecule has 1 saturated heterocycles. The van der Waals surface area contributed by atoms with Gasteiger partial charge in [0.05, 0.1) is 7.11 Å². The highest BCUT2D eigenvalue weighted by Crippen LogP contribution is 2.28. The van der Waals surface area contributed by atoms with Crippen molar-refractivity contribution in [3.05, 3.63) is 18.1 Å². The van der Waals surface area contributed by atoms with Crippen LogP contribution in [0.1, 0.15) is 36.3 Å². The second kappa shape index (κ2) is 6.39. The average Bonchev–Trinajstić information content (AvgIpc) is 3.37. The van der Waals surface area contributed by atoms with E-state index in [9.17, 15) is 4.79 Å². The van der Waals surface area contributed by atoms with E-state index in [0.717, 1.165) is 37.7 Å². The van der Waals surface area contributed by atoms with Crippen molar-refractivity contribution in [3.63, 3.8) is 0 Å². The lowest BCUT2D eigenvalue weighted by Crippen LogP contribution is -2.43. The molecule has 6 nitrogen and oxygen atoms in total. The Morgan fingerprint density at radius 3 is 2.81 bits per heavy atom. The van der Waals surface area contributed by atoms with Crippen LogP contribution in [0.25, 0.3) is 0 Å². The SMILES string of the molecule is COC(=O)c1nccc(N2CCC(NCC3CC3)CC2)n1. The lowest BCUT2D eigenvalue weighted by Gasteiger charge is -2.33. The molecule has 1 aliphatic carbocycles. The van der Waals surface area contributed by atoms with Crippen molar-refractivity contribution >= 4 is 11.8 Å². The minimum Gasteiger partial charge on any atom is -0.463 e. The van der Waals surface area contributed by atoms with Gasteiger partial charge in [-0.1, -0.05) is 0 Å². The van der Waals surface area contributed by atoms with Crippen LogP contribution in [0.2, 0.25) is 0 Å². The average molecular weight is 290 g/mol. The van der Waals surface area contributed by atoms with E-state index in [2.05, 4.69) is 24.9 Å². The van der Waals surface area contributed by atoms with Crippen LogP contribution >= 0.6 is 0 Å². The van der Waals surface area contributed by atoms with Crippen molar-refractivity contribution in [2.45, 2.75) is 31.7 Å². The topological polar surface area (TPSA) is 67.3 Å². The maximum absolute atomic E-state index is 11.5. The maximum atomic E-state index is 11.5. The Hall–Kier alpha value is -1.69. The Balaban J connectivity index is 1.54. The quantitative estimate of drug-likeness (QED) is 0.823. The van der Waals surface area contributed by atoms with Gasteiger partial charge in [0.25, 0.3) is 0 Å². The molecular weight excluding hydrogens is 268 g/mol. The Bertz CT molecular complexity index is 496. The van der Waals surface area contributed by atoms with Gasteiger partial charge in [-0.3, -0.25) is 0 Å². The second-order valence-corrected chi connectivity index (χ2v) is 5.84. The van der Waals surface area contributed by atoms with Crippen LogP contribution in [0.5, 0.6) is 0 Å². The normalized spacial score (nSPS) is 19.6. The number of carbonyl (C=O) groups excluding carboxylic acids is 1. The Labute approximate surface area is 124 Å². The van der Waals surface area contributed by atoms with Gasteiger partial charge in [-0.2, -0.15) is 0 Å². The number of methoxy groups -OCH3 is 1. The van der Waals surface area contributed by atoms with Crippen LogP contribution < -0.4 is 10.2 Å². The number of nitrogens with one attached hydrogen (secondary N) is 1. The van der Waals surface area contributed by atoms with E-state index >= 15 is 0 Å². The van der Waals surface area contributed by atoms with Gasteiger partial charge in [0, 0.05) is 25.3 Å². The zero-order chi connectivity index (χ0) is 14.7. The summed E-state index contributed by atoms with van der Waals surface area (Å²) in [6.07, 6.45) is 6.63. The van der Waals surface area contributed by atoms with E-state index in [1.165, 1.54) is 26.5 Å². The van der Waals surface area contributed by atoms with Crippen LogP contribution in [0.3, 0.4) is 0 Å². The molecule has 2 fully saturated rings. The van der Waals surface area contributed by atoms with E-state index in [4.69, 9.17) is 0 Å². The van der Waals surface area contributed by atoms with E-state index in [1.807, 2.05) is 6.07 Å². The summed E-state index contributed by atoms with van der Waals surface area (Å²) in [7, 11) is 1.34. The molecule has 0 radical (unpaired) electrons. The molecular formula is C15H22N4O2. The molecule has 21 heavy (non-hydrogen) atoms. The summed E-state index contributed by atoms with van der Waals surface area (Å²) in [6.45, 7) is 3.09. The van der Waals surface area contributed by atoms with Crippen LogP contribution in [0, 0.1) is 5.92 Å². The van der Waals surface area contributed by atoms with E-state index in [0.29, 0.717) is 6.04 Å². The molecule has 0 atom stereocenters. The predicted molar refractivity (Wildman–Crippen MR) is 79.3 cm³/mol. The number of hydrogen-bond acceptors (Lipinski definition) is 6. The number of anilines is 1. The first-order valence-electron chi connectivity index (χ1n) is 7.66. The standard InChI is InChI=1S/C15H22N4O2/c1-21-15(20)14-16-7-4-13(18-14)19-8-5-12(6-9-19)17-10-11-2-3-11/h4,7,11-12,17H,2-3,5-6,8-10H2,1H3. The summed E-state index contributed by atoms with van der Waals surface area (Å²) in [5, 5.41) is 3.66. The third-order valence-corrected chi connectivity index (χ3v) is 4.22. The maximum Gasteiger partial charge on any atom is 0.376 e. The molecule has 1 aromatic rings. The molecule has 6 heteroatoms. The van der Waals surface area contributed by atoms with Gasteiger partial charge in [-0.25, -0.2) is 14.8 Å². The molecule has 0 spiro atoms. The van der Waals surface area contributed by atoms with Gasteiger partial charge in [-0.15, -0.1) is 0 Å². The highest BCUT2D eigenvalue weighted by Gasteiger charge is 2.25. The first-order chi connectivity index (χ1) is 10.3. The molecule has 2 heterocycles. The molecule has 0 aromatic carbocycles. The molecule has 2 aliphatic rings. The molecule has 1 N–H and O–H groups in total. The number of ether oxygens (including phenoxy) is 1. The van der Waals surface area contributed by atoms with Crippen LogP contribution in [-0.4, -0.2) is 48.7 Å². The summed E-state index contributed by atoms with van der Waals surface area (Å²) in [6, 6.07) is 2.47. The minimum absolute atomic E-state index is 0.129. The first-order valence-corrected chi connectivity index (χ1v) is 7.66. The van der Waals surface area contributed by atoms with Crippen molar-refractivity contribution in [1.29, 1.82) is 0 Å². The number of esters is 1. The molecule has 0 bridgehead atoms. The number of hydrogen-bond donors (Lipinski definition) is 1. The van der Waals surface area contributed by atoms with E-state index < -0.39 is 5.97 Å². The van der Waals surface area contributed by atoms with Crippen molar-refractivity contribution in [2.75, 3.05) is 31.6 Å². The van der Waals surface area contributed by atoms with Crippen molar-refractivity contribution in [3.8, 4) is 0 Å². The number of rotatable bonds is 5. The molecule has 1 aromatic heterocycles. The second-order valence-electron chi connectivity index (χ2n) is 5.84. The first kappa shape index (κ1) is 14.3. The van der Waals surface area contributed by atoms with Crippen LogP contribution in [-0.2, 0) is 4.74 Å². The van der Waals surface area contributed by atoms with Gasteiger partial charge < -0.3 is 15.0 Å². The third kappa shape index (κ3) is 3.69. The van der Waals surface area contributed by atoms with Crippen LogP contribution in [0.4, 0.5) is 5.82 Å². The Morgan fingerprint density at radius 2 is 2.14 bits per heavy atom. The van der Waals surface area contributed by atoms with E-state index in [-0.39, 0.29) is 5.82 Å². The predicted octanol–water partition coefficient (Wildman–Crippen LogP) is 1.23.